The third-order valence-electron chi connectivity index (χ3n) is 6.31. The number of esters is 1. The Morgan fingerprint density at radius 3 is 2.41 bits per heavy atom. The SMILES string of the molecule is COC(=O)c1[nH]c2cc(OC)ccc2c1NC(=O)C(C)N1CCN(c2ccccc2OC)CC1. The van der Waals surface area contributed by atoms with Gasteiger partial charge in [0.2, 0.25) is 5.91 Å². The Morgan fingerprint density at radius 1 is 1.00 bits per heavy atom. The molecule has 180 valence electrons. The molecule has 34 heavy (non-hydrogen) atoms. The van der Waals surface area contributed by atoms with Gasteiger partial charge in [0.15, 0.2) is 0 Å². The van der Waals surface area contributed by atoms with Crippen LogP contribution >= 0.6 is 0 Å². The molecule has 0 spiro atoms. The normalized spacial score (nSPS) is 15.1. The van der Waals surface area contributed by atoms with Crippen LogP contribution in [0.25, 0.3) is 10.9 Å². The molecule has 2 heterocycles. The molecule has 1 aromatic heterocycles. The lowest BCUT2D eigenvalue weighted by Gasteiger charge is -2.38. The van der Waals surface area contributed by atoms with Gasteiger partial charge in [0.05, 0.1) is 44.3 Å². The molecule has 0 radical (unpaired) electrons. The van der Waals surface area contributed by atoms with Crippen LogP contribution < -0.4 is 19.7 Å². The molecule has 1 fully saturated rings. The molecule has 9 nitrogen and oxygen atoms in total. The molecule has 3 aromatic rings. The summed E-state index contributed by atoms with van der Waals surface area (Å²) in [6.07, 6.45) is 0. The third kappa shape index (κ3) is 4.51. The Bertz CT molecular complexity index is 1180. The highest BCUT2D eigenvalue weighted by Crippen LogP contribution is 2.32. The maximum atomic E-state index is 13.2. The Hall–Kier alpha value is -3.72. The lowest BCUT2D eigenvalue weighted by Crippen LogP contribution is -2.53. The summed E-state index contributed by atoms with van der Waals surface area (Å²) in [4.78, 5) is 33.0. The quantitative estimate of drug-likeness (QED) is 0.517. The first-order valence-corrected chi connectivity index (χ1v) is 11.2. The fourth-order valence-electron chi connectivity index (χ4n) is 4.32. The number of piperazine rings is 1. The predicted octanol–water partition coefficient (Wildman–Crippen LogP) is 3.12. The van der Waals surface area contributed by atoms with E-state index in [1.54, 1.807) is 26.4 Å². The number of carbonyl (C=O) groups excluding carboxylic acids is 2. The zero-order valence-corrected chi connectivity index (χ0v) is 19.9. The van der Waals surface area contributed by atoms with E-state index in [1.807, 2.05) is 37.3 Å². The summed E-state index contributed by atoms with van der Waals surface area (Å²) in [7, 11) is 4.55. The van der Waals surface area contributed by atoms with Gasteiger partial charge in [-0.15, -0.1) is 0 Å². The number of hydrogen-bond acceptors (Lipinski definition) is 7. The van der Waals surface area contributed by atoms with E-state index < -0.39 is 5.97 Å². The van der Waals surface area contributed by atoms with Crippen molar-refractivity contribution in [1.29, 1.82) is 0 Å². The van der Waals surface area contributed by atoms with E-state index in [9.17, 15) is 9.59 Å². The van der Waals surface area contributed by atoms with Crippen LogP contribution in [0.1, 0.15) is 17.4 Å². The second-order valence-electron chi connectivity index (χ2n) is 8.14. The number of benzene rings is 2. The van der Waals surface area contributed by atoms with Gasteiger partial charge in [-0.25, -0.2) is 4.79 Å². The molecule has 1 aliphatic rings. The van der Waals surface area contributed by atoms with Gasteiger partial charge >= 0.3 is 5.97 Å². The first-order chi connectivity index (χ1) is 16.5. The van der Waals surface area contributed by atoms with Crippen LogP contribution in [0, 0.1) is 0 Å². The molecule has 1 amide bonds. The van der Waals surface area contributed by atoms with E-state index in [2.05, 4.69) is 20.1 Å². The molecule has 2 aromatic carbocycles. The minimum atomic E-state index is -0.552. The summed E-state index contributed by atoms with van der Waals surface area (Å²) >= 11 is 0. The van der Waals surface area contributed by atoms with Gasteiger partial charge < -0.3 is 29.4 Å². The van der Waals surface area contributed by atoms with Gasteiger partial charge in [-0.1, -0.05) is 12.1 Å². The summed E-state index contributed by atoms with van der Waals surface area (Å²) in [6, 6.07) is 12.9. The standard InChI is InChI=1S/C25H30N4O5/c1-16(28-11-13-29(14-12-28)20-7-5-6-8-21(20)33-3)24(30)27-22-18-10-9-17(32-2)15-19(18)26-23(22)25(31)34-4/h5-10,15-16,26H,11-14H2,1-4H3,(H,27,30). The molecule has 1 unspecified atom stereocenters. The minimum Gasteiger partial charge on any atom is -0.497 e. The van der Waals surface area contributed by atoms with E-state index in [4.69, 9.17) is 14.2 Å². The van der Waals surface area contributed by atoms with Gasteiger partial charge in [-0.2, -0.15) is 0 Å². The zero-order chi connectivity index (χ0) is 24.2. The van der Waals surface area contributed by atoms with E-state index >= 15 is 0 Å². The molecule has 1 saturated heterocycles. The molecule has 0 bridgehead atoms. The maximum Gasteiger partial charge on any atom is 0.356 e. The Morgan fingerprint density at radius 2 is 1.74 bits per heavy atom. The van der Waals surface area contributed by atoms with Crippen LogP contribution in [0.15, 0.2) is 42.5 Å². The molecule has 2 N–H and O–H groups in total. The average molecular weight is 467 g/mol. The van der Waals surface area contributed by atoms with E-state index in [0.717, 1.165) is 37.6 Å². The number of methoxy groups -OCH3 is 3. The molecule has 1 aliphatic heterocycles. The molecule has 1 atom stereocenters. The number of carbonyl (C=O) groups is 2. The van der Waals surface area contributed by atoms with Crippen molar-refractivity contribution in [3.8, 4) is 11.5 Å². The van der Waals surface area contributed by atoms with Crippen molar-refractivity contribution in [2.24, 2.45) is 0 Å². The first kappa shape index (κ1) is 23.4. The highest BCUT2D eigenvalue weighted by Gasteiger charge is 2.28. The van der Waals surface area contributed by atoms with Gasteiger partial charge in [-0.3, -0.25) is 9.69 Å². The number of nitrogens with zero attached hydrogens (tertiary/aromatic N) is 2. The van der Waals surface area contributed by atoms with Gasteiger partial charge in [-0.05, 0) is 31.2 Å². The summed E-state index contributed by atoms with van der Waals surface area (Å²) in [5, 5.41) is 3.67. The Balaban J connectivity index is 1.48. The number of para-hydroxylation sites is 2. The molecule has 0 aliphatic carbocycles. The summed E-state index contributed by atoms with van der Waals surface area (Å²) in [5.74, 6) is 0.744. The van der Waals surface area contributed by atoms with Crippen molar-refractivity contribution in [3.05, 3.63) is 48.2 Å². The smallest absolute Gasteiger partial charge is 0.356 e. The number of nitrogens with one attached hydrogen (secondary N) is 2. The van der Waals surface area contributed by atoms with Crippen molar-refractivity contribution in [2.45, 2.75) is 13.0 Å². The molecule has 9 heteroatoms. The lowest BCUT2D eigenvalue weighted by molar-refractivity contribution is -0.120. The number of hydrogen-bond donors (Lipinski definition) is 2. The van der Waals surface area contributed by atoms with Gasteiger partial charge in [0, 0.05) is 37.6 Å². The minimum absolute atomic E-state index is 0.187. The number of amides is 1. The summed E-state index contributed by atoms with van der Waals surface area (Å²) < 4.78 is 15.7. The molecule has 0 saturated carbocycles. The molecule has 4 rings (SSSR count). The van der Waals surface area contributed by atoms with Crippen LogP contribution in [0.5, 0.6) is 11.5 Å². The Kier molecular flexibility index (Phi) is 6.93. The van der Waals surface area contributed by atoms with Crippen LogP contribution in [-0.4, -0.2) is 75.3 Å². The monoisotopic (exact) mass is 466 g/mol. The predicted molar refractivity (Wildman–Crippen MR) is 131 cm³/mol. The van der Waals surface area contributed by atoms with Crippen LogP contribution in [0.3, 0.4) is 0 Å². The number of rotatable bonds is 7. The number of aromatic amines is 1. The van der Waals surface area contributed by atoms with Crippen LogP contribution in [0.4, 0.5) is 11.4 Å². The Labute approximate surface area is 198 Å². The molecular formula is C25H30N4O5. The topological polar surface area (TPSA) is 96.1 Å². The highest BCUT2D eigenvalue weighted by atomic mass is 16.5. The van der Waals surface area contributed by atoms with E-state index in [-0.39, 0.29) is 17.6 Å². The van der Waals surface area contributed by atoms with Crippen molar-refractivity contribution < 1.29 is 23.8 Å². The summed E-state index contributed by atoms with van der Waals surface area (Å²) in [6.45, 7) is 4.88. The van der Waals surface area contributed by atoms with Crippen molar-refractivity contribution in [2.75, 3.05) is 57.7 Å². The molecular weight excluding hydrogens is 436 g/mol. The number of H-pyrrole nitrogens is 1. The fourth-order valence-corrected chi connectivity index (χ4v) is 4.32. The van der Waals surface area contributed by atoms with Crippen LogP contribution in [0.2, 0.25) is 0 Å². The van der Waals surface area contributed by atoms with Gasteiger partial charge in [0.1, 0.15) is 17.2 Å². The maximum absolute atomic E-state index is 13.2. The number of aromatic nitrogens is 1. The second kappa shape index (κ2) is 10.0. The lowest BCUT2D eigenvalue weighted by atomic mass is 10.1. The van der Waals surface area contributed by atoms with Crippen molar-refractivity contribution in [1.82, 2.24) is 9.88 Å². The fraction of sp³-hybridized carbons (Fsp3) is 0.360. The van der Waals surface area contributed by atoms with E-state index in [1.165, 1.54) is 7.11 Å². The second-order valence-corrected chi connectivity index (χ2v) is 8.14. The number of ether oxygens (including phenoxy) is 3. The number of fused-ring (bicyclic) bond motifs is 1. The van der Waals surface area contributed by atoms with Crippen LogP contribution in [-0.2, 0) is 9.53 Å². The van der Waals surface area contributed by atoms with E-state index in [0.29, 0.717) is 22.3 Å². The number of anilines is 2. The van der Waals surface area contributed by atoms with Crippen molar-refractivity contribution in [3.63, 3.8) is 0 Å². The third-order valence-corrected chi connectivity index (χ3v) is 6.31. The average Bonchev–Trinajstić information content (AvgIpc) is 3.25. The first-order valence-electron chi connectivity index (χ1n) is 11.2. The van der Waals surface area contributed by atoms with Gasteiger partial charge in [0.25, 0.3) is 0 Å². The largest absolute Gasteiger partial charge is 0.497 e. The zero-order valence-electron chi connectivity index (χ0n) is 19.9. The summed E-state index contributed by atoms with van der Waals surface area (Å²) in [5.41, 5.74) is 2.34. The van der Waals surface area contributed by atoms with Crippen molar-refractivity contribution >= 4 is 34.2 Å². The highest BCUT2D eigenvalue weighted by molar-refractivity contribution is 6.11.